The van der Waals surface area contributed by atoms with E-state index in [0.717, 1.165) is 24.1 Å². The third kappa shape index (κ3) is 5.99. The minimum Gasteiger partial charge on any atom is -0.444 e. The summed E-state index contributed by atoms with van der Waals surface area (Å²) < 4.78 is 12.5. The maximum Gasteiger partial charge on any atom is 0.410 e. The lowest BCUT2D eigenvalue weighted by atomic mass is 10.1. The van der Waals surface area contributed by atoms with Crippen LogP contribution in [0.4, 0.5) is 16.7 Å². The van der Waals surface area contributed by atoms with Crippen LogP contribution in [0.2, 0.25) is 0 Å². The summed E-state index contributed by atoms with van der Waals surface area (Å²) in [5.41, 5.74) is 1.37. The molecule has 3 rings (SSSR count). The molecule has 3 heterocycles. The first-order valence-electron chi connectivity index (χ1n) is 11.3. The van der Waals surface area contributed by atoms with E-state index in [4.69, 9.17) is 19.4 Å². The highest BCUT2D eigenvalue weighted by atomic mass is 16.6. The highest BCUT2D eigenvalue weighted by Gasteiger charge is 2.28. The van der Waals surface area contributed by atoms with E-state index in [1.54, 1.807) is 16.5 Å². The van der Waals surface area contributed by atoms with Crippen molar-refractivity contribution in [2.75, 3.05) is 37.4 Å². The number of fused-ring (bicyclic) bond motifs is 1. The number of methoxy groups -OCH3 is 1. The highest BCUT2D eigenvalue weighted by molar-refractivity contribution is 5.68. The van der Waals surface area contributed by atoms with E-state index < -0.39 is 5.60 Å². The molecule has 2 aromatic heterocycles. The lowest BCUT2D eigenvalue weighted by molar-refractivity contribution is 0.0210. The predicted molar refractivity (Wildman–Crippen MR) is 124 cm³/mol. The minimum atomic E-state index is -0.490. The van der Waals surface area contributed by atoms with Crippen molar-refractivity contribution in [3.8, 4) is 0 Å². The molecule has 1 fully saturated rings. The van der Waals surface area contributed by atoms with Crippen molar-refractivity contribution in [3.63, 3.8) is 0 Å². The Bertz CT molecular complexity index is 914. The molecule has 10 nitrogen and oxygen atoms in total. The van der Waals surface area contributed by atoms with Crippen LogP contribution in [0, 0.1) is 0 Å². The smallest absolute Gasteiger partial charge is 0.410 e. The van der Waals surface area contributed by atoms with Crippen LogP contribution in [0.1, 0.15) is 65.9 Å². The number of rotatable bonds is 7. The first-order valence-corrected chi connectivity index (χ1v) is 11.3. The Hall–Kier alpha value is -2.62. The highest BCUT2D eigenvalue weighted by Crippen LogP contribution is 2.24. The van der Waals surface area contributed by atoms with Gasteiger partial charge in [-0.05, 0) is 46.5 Å². The monoisotopic (exact) mass is 447 g/mol. The summed E-state index contributed by atoms with van der Waals surface area (Å²) in [7, 11) is 1.67. The van der Waals surface area contributed by atoms with Crippen molar-refractivity contribution in [1.82, 2.24) is 24.5 Å². The van der Waals surface area contributed by atoms with Gasteiger partial charge in [0.1, 0.15) is 5.60 Å². The van der Waals surface area contributed by atoms with Crippen LogP contribution in [0.5, 0.6) is 0 Å². The molecule has 2 N–H and O–H groups in total. The van der Waals surface area contributed by atoms with E-state index in [0.29, 0.717) is 31.6 Å². The summed E-state index contributed by atoms with van der Waals surface area (Å²) >= 11 is 0. The van der Waals surface area contributed by atoms with Crippen LogP contribution in [-0.2, 0) is 9.47 Å². The van der Waals surface area contributed by atoms with Gasteiger partial charge in [-0.2, -0.15) is 19.6 Å². The number of carbonyl (C=O) groups excluding carboxylic acids is 1. The fraction of sp³-hybridized carbons (Fsp3) is 0.727. The Labute approximate surface area is 190 Å². The molecule has 0 unspecified atom stereocenters. The standard InChI is InChI=1S/C22H37N7O3/c1-14(2)17-12-23-29-18(17)26-19(24-15(3)13-31-7)27-20(29)25-16-8-10-28(11-9-16)21(30)32-22(4,5)6/h12,14-16H,8-11,13H2,1-7H3,(H2,24,25,26,27)/t15-/m0/s1. The molecule has 1 aliphatic heterocycles. The van der Waals surface area contributed by atoms with Crippen LogP contribution in [0.3, 0.4) is 0 Å². The molecule has 1 aliphatic rings. The average molecular weight is 448 g/mol. The lowest BCUT2D eigenvalue weighted by Gasteiger charge is -2.33. The second-order valence-corrected chi connectivity index (χ2v) is 9.75. The zero-order valence-corrected chi connectivity index (χ0v) is 20.3. The molecular weight excluding hydrogens is 410 g/mol. The number of carbonyl (C=O) groups is 1. The van der Waals surface area contributed by atoms with Crippen molar-refractivity contribution >= 4 is 23.6 Å². The summed E-state index contributed by atoms with van der Waals surface area (Å²) in [6, 6.07) is 0.237. The van der Waals surface area contributed by atoms with Crippen molar-refractivity contribution in [2.24, 2.45) is 0 Å². The Balaban J connectivity index is 1.76. The average Bonchev–Trinajstić information content (AvgIpc) is 3.12. The zero-order chi connectivity index (χ0) is 23.5. The van der Waals surface area contributed by atoms with Crippen LogP contribution in [-0.4, -0.2) is 75.1 Å². The molecule has 32 heavy (non-hydrogen) atoms. The summed E-state index contributed by atoms with van der Waals surface area (Å²) in [6.07, 6.45) is 3.19. The van der Waals surface area contributed by atoms with Gasteiger partial charge in [-0.3, -0.25) is 0 Å². The van der Waals surface area contributed by atoms with E-state index in [9.17, 15) is 4.79 Å². The summed E-state index contributed by atoms with van der Waals surface area (Å²) in [5.74, 6) is 1.47. The maximum atomic E-state index is 12.4. The van der Waals surface area contributed by atoms with Gasteiger partial charge in [-0.15, -0.1) is 0 Å². The van der Waals surface area contributed by atoms with Crippen molar-refractivity contribution < 1.29 is 14.3 Å². The SMILES string of the molecule is COC[C@H](C)Nc1nc(NC2CCN(C(=O)OC(C)(C)C)CC2)n2ncc(C(C)C)c2n1. The number of hydrogen-bond donors (Lipinski definition) is 2. The van der Waals surface area contributed by atoms with Crippen LogP contribution in [0.25, 0.3) is 5.65 Å². The van der Waals surface area contributed by atoms with Gasteiger partial charge >= 0.3 is 6.09 Å². The van der Waals surface area contributed by atoms with Gasteiger partial charge in [0, 0.05) is 37.8 Å². The van der Waals surface area contributed by atoms with Crippen LogP contribution in [0.15, 0.2) is 6.20 Å². The number of aromatic nitrogens is 4. The van der Waals surface area contributed by atoms with E-state index in [2.05, 4.69) is 29.6 Å². The normalized spacial score (nSPS) is 16.4. The van der Waals surface area contributed by atoms with Crippen molar-refractivity contribution in [3.05, 3.63) is 11.8 Å². The molecule has 0 saturated carbocycles. The van der Waals surface area contributed by atoms with E-state index >= 15 is 0 Å². The molecule has 10 heteroatoms. The number of nitrogens with one attached hydrogen (secondary N) is 2. The molecule has 0 aliphatic carbocycles. The van der Waals surface area contributed by atoms with Gasteiger partial charge in [-0.25, -0.2) is 4.79 Å². The molecule has 2 aromatic rings. The fourth-order valence-electron chi connectivity index (χ4n) is 3.69. The zero-order valence-electron chi connectivity index (χ0n) is 20.3. The fourth-order valence-corrected chi connectivity index (χ4v) is 3.69. The molecule has 0 aromatic carbocycles. The van der Waals surface area contributed by atoms with Gasteiger partial charge in [-0.1, -0.05) is 13.8 Å². The van der Waals surface area contributed by atoms with Gasteiger partial charge < -0.3 is 25.0 Å². The topological polar surface area (TPSA) is 106 Å². The largest absolute Gasteiger partial charge is 0.444 e. The molecular formula is C22H37N7O3. The van der Waals surface area contributed by atoms with Crippen molar-refractivity contribution in [2.45, 2.75) is 78.0 Å². The first-order chi connectivity index (χ1) is 15.1. The quantitative estimate of drug-likeness (QED) is 0.664. The minimum absolute atomic E-state index is 0.0674. The molecule has 1 saturated heterocycles. The number of ether oxygens (including phenoxy) is 2. The molecule has 178 valence electrons. The number of nitrogens with zero attached hydrogens (tertiary/aromatic N) is 5. The first kappa shape index (κ1) is 24.0. The molecule has 1 atom stereocenters. The third-order valence-corrected chi connectivity index (χ3v) is 5.29. The lowest BCUT2D eigenvalue weighted by Crippen LogP contribution is -2.44. The molecule has 0 radical (unpaired) electrons. The molecule has 0 bridgehead atoms. The Morgan fingerprint density at radius 1 is 1.22 bits per heavy atom. The summed E-state index contributed by atoms with van der Waals surface area (Å²) in [4.78, 5) is 23.5. The third-order valence-electron chi connectivity index (χ3n) is 5.29. The maximum absolute atomic E-state index is 12.4. The van der Waals surface area contributed by atoms with Crippen LogP contribution >= 0.6 is 0 Å². The van der Waals surface area contributed by atoms with Crippen LogP contribution < -0.4 is 10.6 Å². The number of piperidine rings is 1. The van der Waals surface area contributed by atoms with Gasteiger partial charge in [0.2, 0.25) is 11.9 Å². The van der Waals surface area contributed by atoms with E-state index in [1.165, 1.54) is 0 Å². The van der Waals surface area contributed by atoms with Gasteiger partial charge in [0.25, 0.3) is 0 Å². The summed E-state index contributed by atoms with van der Waals surface area (Å²) in [5, 5.41) is 11.4. The number of anilines is 2. The van der Waals surface area contributed by atoms with Gasteiger partial charge in [0.05, 0.1) is 12.8 Å². The van der Waals surface area contributed by atoms with E-state index in [1.807, 2.05) is 33.9 Å². The Morgan fingerprint density at radius 2 is 1.91 bits per heavy atom. The molecule has 1 amide bonds. The second kappa shape index (κ2) is 9.89. The Kier molecular flexibility index (Phi) is 7.43. The predicted octanol–water partition coefficient (Wildman–Crippen LogP) is 3.51. The Morgan fingerprint density at radius 3 is 2.50 bits per heavy atom. The number of amides is 1. The number of likely N-dealkylation sites (tertiary alicyclic amines) is 1. The summed E-state index contributed by atoms with van der Waals surface area (Å²) in [6.45, 7) is 13.7. The second-order valence-electron chi connectivity index (χ2n) is 9.75. The number of hydrogen-bond acceptors (Lipinski definition) is 8. The van der Waals surface area contributed by atoms with E-state index in [-0.39, 0.29) is 24.1 Å². The van der Waals surface area contributed by atoms with Gasteiger partial charge in [0.15, 0.2) is 5.65 Å². The molecule has 0 spiro atoms. The van der Waals surface area contributed by atoms with Crippen molar-refractivity contribution in [1.29, 1.82) is 0 Å².